The molecule has 170 valence electrons. The van der Waals surface area contributed by atoms with Gasteiger partial charge in [-0.1, -0.05) is 62.2 Å². The lowest BCUT2D eigenvalue weighted by atomic mass is 9.69. The van der Waals surface area contributed by atoms with Crippen molar-refractivity contribution in [2.45, 2.75) is 78.9 Å². The highest BCUT2D eigenvalue weighted by molar-refractivity contribution is 6.47. The lowest BCUT2D eigenvalue weighted by Crippen LogP contribution is -2.50. The Morgan fingerprint density at radius 1 is 1.03 bits per heavy atom. The number of carbonyl (C=O) groups is 1. The molecular weight excluding hydrogens is 416 g/mol. The fourth-order valence-corrected chi connectivity index (χ4v) is 5.79. The van der Waals surface area contributed by atoms with Gasteiger partial charge in [0.15, 0.2) is 0 Å². The van der Waals surface area contributed by atoms with Gasteiger partial charge in [-0.25, -0.2) is 0 Å². The molecule has 0 bridgehead atoms. The largest absolute Gasteiger partial charge is 0.306 e. The number of hydrogen-bond acceptors (Lipinski definition) is 2. The summed E-state index contributed by atoms with van der Waals surface area (Å²) in [6.07, 6.45) is 3.97. The monoisotopic (exact) mass is 450 g/mol. The lowest BCUT2D eigenvalue weighted by Gasteiger charge is -2.46. The van der Waals surface area contributed by atoms with Crippen molar-refractivity contribution in [2.24, 2.45) is 16.3 Å². The minimum Gasteiger partial charge on any atom is -0.306 e. The molecule has 4 rings (SSSR count). The maximum absolute atomic E-state index is 13.9. The molecule has 1 spiro atoms. The molecule has 1 atom stereocenters. The number of amides is 1. The summed E-state index contributed by atoms with van der Waals surface area (Å²) in [7, 11) is 0. The first kappa shape index (κ1) is 23.0. The minimum atomic E-state index is -0.477. The SMILES string of the molecule is Cc1ccc(C(C)N2C(=O)C(c3cc(C)cc(Cl)c3)=NC23CCC(C(C)(C)C)CC3)cc1. The van der Waals surface area contributed by atoms with Gasteiger partial charge in [-0.15, -0.1) is 0 Å². The van der Waals surface area contributed by atoms with Crippen LogP contribution in [0.5, 0.6) is 0 Å². The summed E-state index contributed by atoms with van der Waals surface area (Å²) in [5, 5.41) is 0.644. The van der Waals surface area contributed by atoms with Crippen LogP contribution in [-0.4, -0.2) is 22.2 Å². The van der Waals surface area contributed by atoms with Gasteiger partial charge in [-0.2, -0.15) is 0 Å². The van der Waals surface area contributed by atoms with Gasteiger partial charge < -0.3 is 4.90 Å². The van der Waals surface area contributed by atoms with E-state index in [0.717, 1.165) is 42.4 Å². The number of halogens is 1. The maximum Gasteiger partial charge on any atom is 0.275 e. The van der Waals surface area contributed by atoms with E-state index >= 15 is 0 Å². The van der Waals surface area contributed by atoms with E-state index in [2.05, 4.69) is 63.8 Å². The first-order valence-corrected chi connectivity index (χ1v) is 12.2. The summed E-state index contributed by atoms with van der Waals surface area (Å²) in [6, 6.07) is 14.3. The molecule has 1 saturated carbocycles. The van der Waals surface area contributed by atoms with Crippen LogP contribution in [0.15, 0.2) is 47.5 Å². The Morgan fingerprint density at radius 3 is 2.22 bits per heavy atom. The van der Waals surface area contributed by atoms with E-state index in [4.69, 9.17) is 16.6 Å². The normalized spacial score (nSPS) is 24.7. The van der Waals surface area contributed by atoms with Crippen LogP contribution in [0.4, 0.5) is 0 Å². The zero-order valence-electron chi connectivity index (χ0n) is 20.2. The Hall–Kier alpha value is -2.13. The zero-order valence-corrected chi connectivity index (χ0v) is 21.0. The molecular formula is C28H35ClN2O. The molecule has 0 aromatic heterocycles. The maximum atomic E-state index is 13.9. The summed E-state index contributed by atoms with van der Waals surface area (Å²) >= 11 is 6.35. The molecule has 0 N–H and O–H groups in total. The van der Waals surface area contributed by atoms with Gasteiger partial charge in [-0.05, 0) is 87.1 Å². The Kier molecular flexibility index (Phi) is 6.00. The van der Waals surface area contributed by atoms with Crippen LogP contribution in [0.25, 0.3) is 0 Å². The molecule has 1 aliphatic heterocycles. The Labute approximate surface area is 197 Å². The number of hydrogen-bond donors (Lipinski definition) is 0. The van der Waals surface area contributed by atoms with E-state index < -0.39 is 5.66 Å². The van der Waals surface area contributed by atoms with Crippen LogP contribution in [-0.2, 0) is 4.79 Å². The average Bonchev–Trinajstić information content (AvgIpc) is 2.98. The van der Waals surface area contributed by atoms with Crippen LogP contribution < -0.4 is 0 Å². The molecule has 2 aromatic rings. The van der Waals surface area contributed by atoms with Gasteiger partial charge >= 0.3 is 0 Å². The van der Waals surface area contributed by atoms with Crippen molar-refractivity contribution in [2.75, 3.05) is 0 Å². The third kappa shape index (κ3) is 4.24. The molecule has 32 heavy (non-hydrogen) atoms. The van der Waals surface area contributed by atoms with Gasteiger partial charge in [0, 0.05) is 10.6 Å². The molecule has 2 aliphatic rings. The highest BCUT2D eigenvalue weighted by atomic mass is 35.5. The molecule has 2 aromatic carbocycles. The Balaban J connectivity index is 1.75. The number of benzene rings is 2. The van der Waals surface area contributed by atoms with Crippen LogP contribution >= 0.6 is 11.6 Å². The topological polar surface area (TPSA) is 32.7 Å². The lowest BCUT2D eigenvalue weighted by molar-refractivity contribution is -0.132. The van der Waals surface area contributed by atoms with Gasteiger partial charge in [0.25, 0.3) is 5.91 Å². The Morgan fingerprint density at radius 2 is 1.66 bits per heavy atom. The standard InChI is InChI=1S/C28H35ClN2O/c1-18-7-9-21(10-8-18)20(3)31-26(32)25(22-15-19(2)16-24(29)17-22)30-28(31)13-11-23(12-14-28)27(4,5)6/h7-10,15-17,20,23H,11-14H2,1-6H3. The van der Waals surface area contributed by atoms with Crippen molar-refractivity contribution in [1.82, 2.24) is 4.90 Å². The molecule has 1 heterocycles. The van der Waals surface area contributed by atoms with Crippen molar-refractivity contribution < 1.29 is 4.79 Å². The first-order chi connectivity index (χ1) is 15.0. The first-order valence-electron chi connectivity index (χ1n) is 11.8. The minimum absolute atomic E-state index is 0.0222. The molecule has 0 saturated heterocycles. The second-order valence-corrected chi connectivity index (χ2v) is 11.3. The summed E-state index contributed by atoms with van der Waals surface area (Å²) < 4.78 is 0. The zero-order chi connectivity index (χ0) is 23.3. The summed E-state index contributed by atoms with van der Waals surface area (Å²) in [5.74, 6) is 0.668. The molecule has 1 aliphatic carbocycles. The predicted molar refractivity (Wildman–Crippen MR) is 133 cm³/mol. The third-order valence-corrected chi connectivity index (χ3v) is 7.68. The number of aryl methyl sites for hydroxylation is 2. The van der Waals surface area contributed by atoms with Crippen LogP contribution in [0.2, 0.25) is 5.02 Å². The molecule has 1 unspecified atom stereocenters. The van der Waals surface area contributed by atoms with Crippen molar-refractivity contribution >= 4 is 23.2 Å². The van der Waals surface area contributed by atoms with E-state index in [0.29, 0.717) is 16.7 Å². The van der Waals surface area contributed by atoms with E-state index in [1.165, 1.54) is 5.56 Å². The molecule has 4 heteroatoms. The number of carbonyl (C=O) groups excluding carboxylic acids is 1. The number of rotatable bonds is 3. The summed E-state index contributed by atoms with van der Waals surface area (Å²) in [4.78, 5) is 21.2. The van der Waals surface area contributed by atoms with Gasteiger partial charge in [-0.3, -0.25) is 9.79 Å². The molecule has 0 radical (unpaired) electrons. The van der Waals surface area contributed by atoms with Gasteiger partial charge in [0.2, 0.25) is 0 Å². The quantitative estimate of drug-likeness (QED) is 0.483. The van der Waals surface area contributed by atoms with E-state index in [9.17, 15) is 4.79 Å². The van der Waals surface area contributed by atoms with Gasteiger partial charge in [0.1, 0.15) is 11.4 Å². The highest BCUT2D eigenvalue weighted by Gasteiger charge is 2.51. The van der Waals surface area contributed by atoms with Crippen molar-refractivity contribution in [1.29, 1.82) is 0 Å². The smallest absolute Gasteiger partial charge is 0.275 e. The molecule has 1 amide bonds. The second-order valence-electron chi connectivity index (χ2n) is 10.9. The van der Waals surface area contributed by atoms with E-state index in [1.54, 1.807) is 0 Å². The summed E-state index contributed by atoms with van der Waals surface area (Å²) in [5.41, 5.74) is 4.60. The van der Waals surface area contributed by atoms with Crippen LogP contribution in [0, 0.1) is 25.2 Å². The highest BCUT2D eigenvalue weighted by Crippen LogP contribution is 2.49. The summed E-state index contributed by atoms with van der Waals surface area (Å²) in [6.45, 7) is 13.2. The number of aliphatic imine (C=N–C) groups is 1. The van der Waals surface area contributed by atoms with Gasteiger partial charge in [0.05, 0.1) is 6.04 Å². The molecule has 1 fully saturated rings. The van der Waals surface area contributed by atoms with Crippen molar-refractivity contribution in [3.05, 3.63) is 69.7 Å². The fraction of sp³-hybridized carbons (Fsp3) is 0.500. The van der Waals surface area contributed by atoms with Crippen LogP contribution in [0.1, 0.15) is 81.7 Å². The third-order valence-electron chi connectivity index (χ3n) is 7.46. The van der Waals surface area contributed by atoms with E-state index in [-0.39, 0.29) is 17.4 Å². The average molecular weight is 451 g/mol. The van der Waals surface area contributed by atoms with Crippen LogP contribution in [0.3, 0.4) is 0 Å². The Bertz CT molecular complexity index is 1020. The van der Waals surface area contributed by atoms with Crippen molar-refractivity contribution in [3.8, 4) is 0 Å². The second kappa shape index (κ2) is 8.33. The molecule has 3 nitrogen and oxygen atoms in total. The fourth-order valence-electron chi connectivity index (χ4n) is 5.50. The van der Waals surface area contributed by atoms with E-state index in [1.807, 2.05) is 25.1 Å². The number of nitrogens with zero attached hydrogens (tertiary/aromatic N) is 2. The predicted octanol–water partition coefficient (Wildman–Crippen LogP) is 7.28. The van der Waals surface area contributed by atoms with Crippen molar-refractivity contribution in [3.63, 3.8) is 0 Å².